The number of hydrogen-bond donors (Lipinski definition) is 1. The second-order valence-corrected chi connectivity index (χ2v) is 5.99. The van der Waals surface area contributed by atoms with Gasteiger partial charge in [0.2, 0.25) is 0 Å². The monoisotopic (exact) mass is 315 g/mol. The van der Waals surface area contributed by atoms with Gasteiger partial charge in [0.05, 0.1) is 6.20 Å². The first-order valence-electron chi connectivity index (χ1n) is 7.62. The summed E-state index contributed by atoms with van der Waals surface area (Å²) >= 11 is 0. The maximum atomic E-state index is 13.3. The van der Waals surface area contributed by atoms with Crippen molar-refractivity contribution in [2.45, 2.75) is 19.8 Å². The second-order valence-electron chi connectivity index (χ2n) is 5.99. The van der Waals surface area contributed by atoms with Crippen molar-refractivity contribution in [3.8, 4) is 0 Å². The van der Waals surface area contributed by atoms with E-state index in [1.807, 2.05) is 6.07 Å². The van der Waals surface area contributed by atoms with Crippen LogP contribution in [0.3, 0.4) is 0 Å². The van der Waals surface area contributed by atoms with Crippen molar-refractivity contribution in [2.75, 3.05) is 13.1 Å². The third-order valence-electron chi connectivity index (χ3n) is 4.21. The molecular weight excluding hydrogens is 297 g/mol. The molecule has 1 aliphatic rings. The minimum atomic E-state index is -0.326. The lowest BCUT2D eigenvalue weighted by atomic mass is 9.97. The van der Waals surface area contributed by atoms with Gasteiger partial charge in [0.25, 0.3) is 11.5 Å². The molecule has 3 rings (SSSR count). The Balaban J connectivity index is 1.63. The third-order valence-corrected chi connectivity index (χ3v) is 4.21. The highest BCUT2D eigenvalue weighted by Crippen LogP contribution is 2.23. The Morgan fingerprint density at radius 1 is 1.48 bits per heavy atom. The molecule has 1 atom stereocenters. The van der Waals surface area contributed by atoms with Crippen LogP contribution in [0.1, 0.15) is 28.0 Å². The molecule has 1 unspecified atom stereocenters. The quantitative estimate of drug-likeness (QED) is 0.941. The lowest BCUT2D eigenvalue weighted by Crippen LogP contribution is -2.30. The Morgan fingerprint density at radius 3 is 3.00 bits per heavy atom. The van der Waals surface area contributed by atoms with Crippen molar-refractivity contribution in [3.63, 3.8) is 0 Å². The van der Waals surface area contributed by atoms with Gasteiger partial charge in [-0.05, 0) is 42.9 Å². The molecule has 1 amide bonds. The van der Waals surface area contributed by atoms with Crippen LogP contribution in [0.15, 0.2) is 35.4 Å². The number of carbonyl (C=O) groups is 1. The highest BCUT2D eigenvalue weighted by molar-refractivity contribution is 5.92. The molecule has 1 N–H and O–H groups in total. The molecule has 2 aromatic rings. The minimum absolute atomic E-state index is 0.168. The number of halogens is 1. The zero-order valence-electron chi connectivity index (χ0n) is 12.9. The van der Waals surface area contributed by atoms with Crippen LogP contribution >= 0.6 is 0 Å². The average Bonchev–Trinajstić information content (AvgIpc) is 2.99. The topological polar surface area (TPSA) is 66.1 Å². The summed E-state index contributed by atoms with van der Waals surface area (Å²) in [5.74, 6) is -0.00766. The second kappa shape index (κ2) is 6.32. The Labute approximate surface area is 133 Å². The Hall–Kier alpha value is -2.50. The van der Waals surface area contributed by atoms with Crippen molar-refractivity contribution in [3.05, 3.63) is 63.6 Å². The summed E-state index contributed by atoms with van der Waals surface area (Å²) in [6, 6.07) is 5.16. The number of nitrogens with one attached hydrogen (secondary N) is 1. The zero-order chi connectivity index (χ0) is 16.4. The van der Waals surface area contributed by atoms with Crippen LogP contribution in [0.25, 0.3) is 0 Å². The van der Waals surface area contributed by atoms with E-state index in [1.165, 1.54) is 12.3 Å². The van der Waals surface area contributed by atoms with Crippen molar-refractivity contribution in [1.29, 1.82) is 0 Å². The molecule has 0 bridgehead atoms. The van der Waals surface area contributed by atoms with Gasteiger partial charge in [0, 0.05) is 19.3 Å². The van der Waals surface area contributed by atoms with Crippen LogP contribution in [-0.2, 0) is 6.42 Å². The first kappa shape index (κ1) is 15.4. The van der Waals surface area contributed by atoms with Crippen molar-refractivity contribution in [1.82, 2.24) is 14.9 Å². The third kappa shape index (κ3) is 3.47. The number of aromatic nitrogens is 2. The van der Waals surface area contributed by atoms with Gasteiger partial charge in [-0.1, -0.05) is 12.1 Å². The van der Waals surface area contributed by atoms with Gasteiger partial charge < -0.3 is 9.88 Å². The molecule has 0 spiro atoms. The molecule has 23 heavy (non-hydrogen) atoms. The van der Waals surface area contributed by atoms with E-state index in [0.29, 0.717) is 24.6 Å². The molecule has 0 radical (unpaired) electrons. The van der Waals surface area contributed by atoms with Crippen molar-refractivity contribution >= 4 is 5.91 Å². The number of H-pyrrole nitrogens is 1. The predicted octanol–water partition coefficient (Wildman–Crippen LogP) is 1.92. The smallest absolute Gasteiger partial charge is 0.273 e. The molecule has 6 heteroatoms. The Bertz CT molecular complexity index is 767. The van der Waals surface area contributed by atoms with Gasteiger partial charge in [0.1, 0.15) is 11.5 Å². The maximum Gasteiger partial charge on any atom is 0.273 e. The average molecular weight is 315 g/mol. The van der Waals surface area contributed by atoms with Gasteiger partial charge in [-0.3, -0.25) is 9.59 Å². The van der Waals surface area contributed by atoms with Gasteiger partial charge >= 0.3 is 0 Å². The summed E-state index contributed by atoms with van der Waals surface area (Å²) in [4.78, 5) is 31.4. The van der Waals surface area contributed by atoms with Crippen LogP contribution in [-0.4, -0.2) is 33.9 Å². The first-order chi connectivity index (χ1) is 11.0. The SMILES string of the molecule is Cc1cc(CC2CCN(C(=O)c3c[nH]c(=O)cn3)C2)ccc1F. The van der Waals surface area contributed by atoms with Crippen molar-refractivity contribution < 1.29 is 9.18 Å². The highest BCUT2D eigenvalue weighted by atomic mass is 19.1. The molecular formula is C17H18FN3O2. The number of likely N-dealkylation sites (tertiary alicyclic amines) is 1. The van der Waals surface area contributed by atoms with E-state index in [-0.39, 0.29) is 23.0 Å². The van der Waals surface area contributed by atoms with Gasteiger partial charge in [0.15, 0.2) is 0 Å². The van der Waals surface area contributed by atoms with Crippen LogP contribution < -0.4 is 5.56 Å². The lowest BCUT2D eigenvalue weighted by molar-refractivity contribution is 0.0780. The largest absolute Gasteiger partial charge is 0.337 e. The number of carbonyl (C=O) groups excluding carboxylic acids is 1. The van der Waals surface area contributed by atoms with E-state index in [0.717, 1.165) is 24.6 Å². The lowest BCUT2D eigenvalue weighted by Gasteiger charge is -2.16. The van der Waals surface area contributed by atoms with E-state index < -0.39 is 0 Å². The summed E-state index contributed by atoms with van der Waals surface area (Å²) in [5.41, 5.74) is 1.66. The summed E-state index contributed by atoms with van der Waals surface area (Å²) in [7, 11) is 0. The van der Waals surface area contributed by atoms with Gasteiger partial charge in [-0.15, -0.1) is 0 Å². The zero-order valence-corrected chi connectivity index (χ0v) is 12.9. The summed E-state index contributed by atoms with van der Waals surface area (Å²) in [5, 5.41) is 0. The molecule has 1 saturated heterocycles. The fraction of sp³-hybridized carbons (Fsp3) is 0.353. The highest BCUT2D eigenvalue weighted by Gasteiger charge is 2.27. The molecule has 1 aliphatic heterocycles. The fourth-order valence-corrected chi connectivity index (χ4v) is 2.97. The molecule has 2 heterocycles. The standard InChI is InChI=1S/C17H18FN3O2/c1-11-6-12(2-3-14(11)18)7-13-4-5-21(10-13)17(23)15-8-20-16(22)9-19-15/h2-3,6,8-9,13H,4-5,7,10H2,1H3,(H,20,22). The number of hydrogen-bond acceptors (Lipinski definition) is 3. The molecule has 1 fully saturated rings. The number of aromatic amines is 1. The van der Waals surface area contributed by atoms with Gasteiger partial charge in [-0.2, -0.15) is 0 Å². The number of nitrogens with zero attached hydrogens (tertiary/aromatic N) is 2. The van der Waals surface area contributed by atoms with Crippen molar-refractivity contribution in [2.24, 2.45) is 5.92 Å². The summed E-state index contributed by atoms with van der Waals surface area (Å²) in [6.07, 6.45) is 4.19. The molecule has 1 aromatic heterocycles. The molecule has 0 aliphatic carbocycles. The number of amides is 1. The summed E-state index contributed by atoms with van der Waals surface area (Å²) < 4.78 is 13.3. The first-order valence-corrected chi connectivity index (χ1v) is 7.62. The summed E-state index contributed by atoms with van der Waals surface area (Å²) in [6.45, 7) is 3.08. The molecule has 1 aromatic carbocycles. The number of aryl methyl sites for hydroxylation is 1. The minimum Gasteiger partial charge on any atom is -0.337 e. The van der Waals surface area contributed by atoms with E-state index in [4.69, 9.17) is 0 Å². The van der Waals surface area contributed by atoms with E-state index in [1.54, 1.807) is 17.9 Å². The molecule has 120 valence electrons. The van der Waals surface area contributed by atoms with Crippen LogP contribution in [0.4, 0.5) is 4.39 Å². The van der Waals surface area contributed by atoms with Crippen LogP contribution in [0.5, 0.6) is 0 Å². The predicted molar refractivity (Wildman–Crippen MR) is 83.7 cm³/mol. The molecule has 0 saturated carbocycles. The van der Waals surface area contributed by atoms with E-state index in [2.05, 4.69) is 9.97 Å². The van der Waals surface area contributed by atoms with E-state index >= 15 is 0 Å². The van der Waals surface area contributed by atoms with Crippen LogP contribution in [0.2, 0.25) is 0 Å². The Kier molecular flexibility index (Phi) is 4.23. The fourth-order valence-electron chi connectivity index (χ4n) is 2.97. The number of rotatable bonds is 3. The normalized spacial score (nSPS) is 17.5. The van der Waals surface area contributed by atoms with E-state index in [9.17, 15) is 14.0 Å². The maximum absolute atomic E-state index is 13.3. The van der Waals surface area contributed by atoms with Gasteiger partial charge in [-0.25, -0.2) is 9.37 Å². The Morgan fingerprint density at radius 2 is 2.30 bits per heavy atom. The molecule has 5 nitrogen and oxygen atoms in total. The van der Waals surface area contributed by atoms with Crippen LogP contribution in [0, 0.1) is 18.7 Å². The number of benzene rings is 1.